The topological polar surface area (TPSA) is 80.9 Å². The van der Waals surface area contributed by atoms with Crippen LogP contribution in [0.2, 0.25) is 0 Å². The highest BCUT2D eigenvalue weighted by Crippen LogP contribution is 2.23. The number of hydrogen-bond donors (Lipinski definition) is 2. The Balaban J connectivity index is 0.00000120. The van der Waals surface area contributed by atoms with Gasteiger partial charge in [-0.3, -0.25) is 14.3 Å². The van der Waals surface area contributed by atoms with Crippen LogP contribution in [0.1, 0.15) is 5.56 Å². The number of nitrogens with two attached hydrogens (primary N) is 1. The van der Waals surface area contributed by atoms with Crippen molar-refractivity contribution in [3.05, 3.63) is 44.6 Å². The lowest BCUT2D eigenvalue weighted by atomic mass is 9.94. The van der Waals surface area contributed by atoms with Crippen LogP contribution < -0.4 is 17.0 Å². The number of aromatic amines is 1. The first-order chi connectivity index (χ1) is 8.20. The second-order valence-corrected chi connectivity index (χ2v) is 4.49. The van der Waals surface area contributed by atoms with Crippen LogP contribution >= 0.6 is 12.4 Å². The number of hydrogen-bond acceptors (Lipinski definition) is 3. The molecular formula is C12H14ClN3O2. The van der Waals surface area contributed by atoms with Gasteiger partial charge in [0.2, 0.25) is 0 Å². The van der Waals surface area contributed by atoms with E-state index in [1.165, 1.54) is 0 Å². The zero-order valence-electron chi connectivity index (χ0n) is 9.68. The lowest BCUT2D eigenvalue weighted by Gasteiger charge is -2.24. The number of nitrogens with one attached hydrogen (secondary N) is 1. The lowest BCUT2D eigenvalue weighted by Crippen LogP contribution is -2.37. The molecular weight excluding hydrogens is 254 g/mol. The molecule has 18 heavy (non-hydrogen) atoms. The SMILES string of the molecule is Cl.NCC1Cc2cccc3c(=O)[nH]c(=O)n(c23)C1. The van der Waals surface area contributed by atoms with Crippen molar-refractivity contribution >= 4 is 23.3 Å². The Kier molecular flexibility index (Phi) is 3.28. The molecule has 1 unspecified atom stereocenters. The van der Waals surface area contributed by atoms with E-state index in [2.05, 4.69) is 4.98 Å². The van der Waals surface area contributed by atoms with Crippen LogP contribution in [0, 0.1) is 5.92 Å². The van der Waals surface area contributed by atoms with Crippen LogP contribution in [-0.4, -0.2) is 16.1 Å². The Labute approximate surface area is 109 Å². The third-order valence-corrected chi connectivity index (χ3v) is 3.38. The maximum Gasteiger partial charge on any atom is 0.328 e. The summed E-state index contributed by atoms with van der Waals surface area (Å²) in [6.45, 7) is 1.13. The summed E-state index contributed by atoms with van der Waals surface area (Å²) < 4.78 is 1.63. The van der Waals surface area contributed by atoms with E-state index < -0.39 is 0 Å². The van der Waals surface area contributed by atoms with Gasteiger partial charge in [0.15, 0.2) is 0 Å². The van der Waals surface area contributed by atoms with Crippen LogP contribution in [0.3, 0.4) is 0 Å². The highest BCUT2D eigenvalue weighted by atomic mass is 35.5. The number of nitrogens with zero attached hydrogens (tertiary/aromatic N) is 1. The Morgan fingerprint density at radius 3 is 2.89 bits per heavy atom. The summed E-state index contributed by atoms with van der Waals surface area (Å²) in [6, 6.07) is 5.55. The van der Waals surface area contributed by atoms with Gasteiger partial charge in [-0.05, 0) is 30.5 Å². The van der Waals surface area contributed by atoms with Crippen molar-refractivity contribution in [2.75, 3.05) is 6.54 Å². The molecule has 0 fully saturated rings. The molecule has 0 spiro atoms. The highest BCUT2D eigenvalue weighted by Gasteiger charge is 2.21. The van der Waals surface area contributed by atoms with E-state index in [0.717, 1.165) is 17.5 Å². The monoisotopic (exact) mass is 267 g/mol. The van der Waals surface area contributed by atoms with Gasteiger partial charge in [-0.2, -0.15) is 0 Å². The molecule has 0 bridgehead atoms. The fourth-order valence-electron chi connectivity index (χ4n) is 2.56. The first-order valence-electron chi connectivity index (χ1n) is 5.65. The van der Waals surface area contributed by atoms with Crippen LogP contribution in [0.5, 0.6) is 0 Å². The number of rotatable bonds is 1. The van der Waals surface area contributed by atoms with E-state index in [4.69, 9.17) is 5.73 Å². The van der Waals surface area contributed by atoms with Gasteiger partial charge in [-0.1, -0.05) is 12.1 Å². The molecule has 3 N–H and O–H groups in total. The second kappa shape index (κ2) is 4.59. The van der Waals surface area contributed by atoms with E-state index in [-0.39, 0.29) is 29.6 Å². The summed E-state index contributed by atoms with van der Waals surface area (Å²) >= 11 is 0. The van der Waals surface area contributed by atoms with Gasteiger partial charge in [0.1, 0.15) is 0 Å². The summed E-state index contributed by atoms with van der Waals surface area (Å²) in [5.41, 5.74) is 6.83. The highest BCUT2D eigenvalue weighted by molar-refractivity contribution is 5.85. The van der Waals surface area contributed by atoms with Crippen LogP contribution in [-0.2, 0) is 13.0 Å². The maximum atomic E-state index is 11.8. The second-order valence-electron chi connectivity index (χ2n) is 4.49. The molecule has 0 aliphatic carbocycles. The molecule has 5 nitrogen and oxygen atoms in total. The predicted molar refractivity (Wildman–Crippen MR) is 72.3 cm³/mol. The number of aromatic nitrogens is 2. The number of para-hydroxylation sites is 1. The average Bonchev–Trinajstić information content (AvgIpc) is 2.35. The predicted octanol–water partition coefficient (Wildman–Crippen LogP) is 0.243. The van der Waals surface area contributed by atoms with Crippen molar-refractivity contribution in [1.29, 1.82) is 0 Å². The summed E-state index contributed by atoms with van der Waals surface area (Å²) in [5, 5.41) is 0.581. The molecule has 0 saturated carbocycles. The third-order valence-electron chi connectivity index (χ3n) is 3.38. The van der Waals surface area contributed by atoms with Crippen molar-refractivity contribution in [2.45, 2.75) is 13.0 Å². The van der Waals surface area contributed by atoms with E-state index in [0.29, 0.717) is 18.5 Å². The molecule has 1 atom stereocenters. The minimum atomic E-state index is -0.340. The summed E-state index contributed by atoms with van der Waals surface area (Å²) in [5.74, 6) is 0.261. The van der Waals surface area contributed by atoms with E-state index >= 15 is 0 Å². The summed E-state index contributed by atoms with van der Waals surface area (Å²) in [4.78, 5) is 25.9. The molecule has 0 amide bonds. The smallest absolute Gasteiger partial charge is 0.328 e. The molecule has 0 saturated heterocycles. The molecule has 3 rings (SSSR count). The van der Waals surface area contributed by atoms with Gasteiger partial charge in [-0.25, -0.2) is 4.79 Å². The fourth-order valence-corrected chi connectivity index (χ4v) is 2.56. The molecule has 1 aliphatic rings. The van der Waals surface area contributed by atoms with Gasteiger partial charge in [0, 0.05) is 6.54 Å². The van der Waals surface area contributed by atoms with Gasteiger partial charge < -0.3 is 5.73 Å². The quantitative estimate of drug-likeness (QED) is 0.777. The molecule has 6 heteroatoms. The van der Waals surface area contributed by atoms with Crippen molar-refractivity contribution in [3.63, 3.8) is 0 Å². The largest absolute Gasteiger partial charge is 0.330 e. The van der Waals surface area contributed by atoms with Crippen molar-refractivity contribution in [2.24, 2.45) is 11.7 Å². The molecule has 96 valence electrons. The zero-order chi connectivity index (χ0) is 12.0. The average molecular weight is 268 g/mol. The van der Waals surface area contributed by atoms with E-state index in [9.17, 15) is 9.59 Å². The fraction of sp³-hybridized carbons (Fsp3) is 0.333. The first kappa shape index (κ1) is 12.9. The van der Waals surface area contributed by atoms with E-state index in [1.807, 2.05) is 12.1 Å². The number of benzene rings is 1. The van der Waals surface area contributed by atoms with Gasteiger partial charge in [0.05, 0.1) is 10.9 Å². The molecule has 1 aromatic heterocycles. The normalized spacial score (nSPS) is 17.5. The van der Waals surface area contributed by atoms with Crippen molar-refractivity contribution < 1.29 is 0 Å². The number of H-pyrrole nitrogens is 1. The molecule has 1 aromatic carbocycles. The van der Waals surface area contributed by atoms with E-state index in [1.54, 1.807) is 10.6 Å². The molecule has 2 heterocycles. The first-order valence-corrected chi connectivity index (χ1v) is 5.65. The van der Waals surface area contributed by atoms with Crippen molar-refractivity contribution in [3.8, 4) is 0 Å². The number of halogens is 1. The lowest BCUT2D eigenvalue weighted by molar-refractivity contribution is 0.430. The van der Waals surface area contributed by atoms with Gasteiger partial charge >= 0.3 is 5.69 Å². The van der Waals surface area contributed by atoms with Gasteiger partial charge in [-0.15, -0.1) is 12.4 Å². The third kappa shape index (κ3) is 1.76. The Morgan fingerprint density at radius 2 is 2.17 bits per heavy atom. The van der Waals surface area contributed by atoms with Crippen LogP contribution in [0.4, 0.5) is 0 Å². The molecule has 1 aliphatic heterocycles. The molecule has 0 radical (unpaired) electrons. The van der Waals surface area contributed by atoms with Crippen LogP contribution in [0.15, 0.2) is 27.8 Å². The Morgan fingerprint density at radius 1 is 1.39 bits per heavy atom. The van der Waals surface area contributed by atoms with Crippen molar-refractivity contribution in [1.82, 2.24) is 9.55 Å². The summed E-state index contributed by atoms with van der Waals surface area (Å²) in [7, 11) is 0. The standard InChI is InChI=1S/C12H13N3O2.ClH/c13-5-7-4-8-2-1-3-9-10(8)15(6-7)12(17)14-11(9)16;/h1-3,7H,4-6,13H2,(H,14,16,17);1H. The molecule has 2 aromatic rings. The zero-order valence-corrected chi connectivity index (χ0v) is 10.5. The minimum Gasteiger partial charge on any atom is -0.330 e. The Bertz CT molecular complexity index is 705. The minimum absolute atomic E-state index is 0. The van der Waals surface area contributed by atoms with Gasteiger partial charge in [0.25, 0.3) is 5.56 Å². The Hall–Kier alpha value is -1.59. The summed E-state index contributed by atoms with van der Waals surface area (Å²) in [6.07, 6.45) is 0.830. The maximum absolute atomic E-state index is 11.8. The van der Waals surface area contributed by atoms with Crippen LogP contribution in [0.25, 0.3) is 10.9 Å².